The summed E-state index contributed by atoms with van der Waals surface area (Å²) < 4.78 is 9.95. The lowest BCUT2D eigenvalue weighted by atomic mass is 10.2. The number of amides is 2. The number of hydrogen-bond acceptors (Lipinski definition) is 7. The van der Waals surface area contributed by atoms with E-state index in [2.05, 4.69) is 4.84 Å². The van der Waals surface area contributed by atoms with Crippen LogP contribution in [0, 0.1) is 5.92 Å². The maximum absolute atomic E-state index is 11.4. The van der Waals surface area contributed by atoms with Gasteiger partial charge < -0.3 is 14.3 Å². The molecular weight excluding hydrogens is 282 g/mol. The Kier molecular flexibility index (Phi) is 6.80. The van der Waals surface area contributed by atoms with E-state index in [-0.39, 0.29) is 51.0 Å². The zero-order chi connectivity index (χ0) is 15.8. The molecule has 8 heteroatoms. The Bertz CT molecular complexity index is 403. The summed E-state index contributed by atoms with van der Waals surface area (Å²) in [5, 5.41) is 0.493. The summed E-state index contributed by atoms with van der Waals surface area (Å²) in [7, 11) is 0. The van der Waals surface area contributed by atoms with Gasteiger partial charge in [0.1, 0.15) is 6.61 Å². The first-order valence-electron chi connectivity index (χ1n) is 6.72. The van der Waals surface area contributed by atoms with E-state index in [0.29, 0.717) is 5.06 Å². The molecular formula is C13H19NO7. The fourth-order valence-corrected chi connectivity index (χ4v) is 1.43. The third kappa shape index (κ3) is 5.90. The number of carbonyl (C=O) groups is 4. The summed E-state index contributed by atoms with van der Waals surface area (Å²) in [6.45, 7) is 3.76. The van der Waals surface area contributed by atoms with Crippen LogP contribution in [0.1, 0.15) is 33.1 Å². The highest BCUT2D eigenvalue weighted by Crippen LogP contribution is 2.12. The van der Waals surface area contributed by atoms with Crippen molar-refractivity contribution in [3.63, 3.8) is 0 Å². The lowest BCUT2D eigenvalue weighted by molar-refractivity contribution is -0.198. The molecule has 21 heavy (non-hydrogen) atoms. The number of imide groups is 1. The molecule has 1 fully saturated rings. The van der Waals surface area contributed by atoms with Crippen LogP contribution in [-0.4, -0.2) is 48.6 Å². The molecule has 118 valence electrons. The highest BCUT2D eigenvalue weighted by molar-refractivity contribution is 6.01. The van der Waals surface area contributed by atoms with Crippen LogP contribution in [0.3, 0.4) is 0 Å². The van der Waals surface area contributed by atoms with Crippen molar-refractivity contribution in [2.75, 3.05) is 19.8 Å². The third-order valence-electron chi connectivity index (χ3n) is 2.59. The van der Waals surface area contributed by atoms with Crippen LogP contribution in [0.2, 0.25) is 0 Å². The summed E-state index contributed by atoms with van der Waals surface area (Å²) in [6.07, 6.45) is 0.0167. The summed E-state index contributed by atoms with van der Waals surface area (Å²) >= 11 is 0. The zero-order valence-electron chi connectivity index (χ0n) is 12.1. The van der Waals surface area contributed by atoms with Gasteiger partial charge in [-0.05, 0) is 0 Å². The van der Waals surface area contributed by atoms with E-state index in [0.717, 1.165) is 0 Å². The number of hydrogen-bond donors (Lipinski definition) is 0. The predicted molar refractivity (Wildman–Crippen MR) is 68.4 cm³/mol. The molecule has 0 bridgehead atoms. The third-order valence-corrected chi connectivity index (χ3v) is 2.59. The molecule has 0 aromatic carbocycles. The summed E-state index contributed by atoms with van der Waals surface area (Å²) in [5.74, 6) is -2.28. The molecule has 0 saturated carbocycles. The van der Waals surface area contributed by atoms with Crippen molar-refractivity contribution in [3.8, 4) is 0 Å². The van der Waals surface area contributed by atoms with E-state index >= 15 is 0 Å². The number of rotatable bonds is 8. The first kappa shape index (κ1) is 17.1. The van der Waals surface area contributed by atoms with Gasteiger partial charge in [-0.1, -0.05) is 13.8 Å². The van der Waals surface area contributed by atoms with Crippen molar-refractivity contribution < 1.29 is 33.5 Å². The molecule has 1 heterocycles. The van der Waals surface area contributed by atoms with Crippen molar-refractivity contribution >= 4 is 23.8 Å². The van der Waals surface area contributed by atoms with Crippen molar-refractivity contribution in [1.29, 1.82) is 0 Å². The molecule has 0 aromatic rings. The Labute approximate surface area is 122 Å². The van der Waals surface area contributed by atoms with Crippen LogP contribution in [0.15, 0.2) is 0 Å². The van der Waals surface area contributed by atoms with E-state index in [9.17, 15) is 19.2 Å². The maximum atomic E-state index is 11.4. The van der Waals surface area contributed by atoms with Crippen molar-refractivity contribution in [3.05, 3.63) is 0 Å². The van der Waals surface area contributed by atoms with E-state index < -0.39 is 17.8 Å². The van der Waals surface area contributed by atoms with Crippen LogP contribution < -0.4 is 0 Å². The van der Waals surface area contributed by atoms with Crippen LogP contribution >= 0.6 is 0 Å². The van der Waals surface area contributed by atoms with E-state index in [1.807, 2.05) is 0 Å². The average Bonchev–Trinajstić information content (AvgIpc) is 2.74. The molecule has 1 saturated heterocycles. The van der Waals surface area contributed by atoms with Gasteiger partial charge in [-0.2, -0.15) is 0 Å². The number of carbonyl (C=O) groups excluding carboxylic acids is 4. The monoisotopic (exact) mass is 301 g/mol. The van der Waals surface area contributed by atoms with E-state index in [1.165, 1.54) is 0 Å². The van der Waals surface area contributed by atoms with Gasteiger partial charge in [-0.25, -0.2) is 4.79 Å². The molecule has 0 N–H and O–H groups in total. The smallest absolute Gasteiger partial charge is 0.335 e. The van der Waals surface area contributed by atoms with Gasteiger partial charge in [0, 0.05) is 12.8 Å². The average molecular weight is 301 g/mol. The Morgan fingerprint density at radius 1 is 1.10 bits per heavy atom. The first-order valence-corrected chi connectivity index (χ1v) is 6.72. The predicted octanol–water partition coefficient (Wildman–Crippen LogP) is 0.200. The second-order valence-corrected chi connectivity index (χ2v) is 4.73. The summed E-state index contributed by atoms with van der Waals surface area (Å²) in [4.78, 5) is 49.6. The molecule has 1 aliphatic heterocycles. The lowest BCUT2D eigenvalue weighted by Crippen LogP contribution is -2.32. The summed E-state index contributed by atoms with van der Waals surface area (Å²) in [5.41, 5.74) is 0. The second-order valence-electron chi connectivity index (χ2n) is 4.73. The number of ether oxygens (including phenoxy) is 2. The van der Waals surface area contributed by atoms with Gasteiger partial charge in [0.2, 0.25) is 0 Å². The van der Waals surface area contributed by atoms with Crippen LogP contribution in [0.4, 0.5) is 0 Å². The molecule has 1 rings (SSSR count). The minimum absolute atomic E-state index is 0.0499. The van der Waals surface area contributed by atoms with Gasteiger partial charge in [-0.15, -0.1) is 5.06 Å². The number of esters is 1. The van der Waals surface area contributed by atoms with Gasteiger partial charge in [0.25, 0.3) is 11.8 Å². The number of hydroxylamine groups is 2. The van der Waals surface area contributed by atoms with Crippen LogP contribution in [0.5, 0.6) is 0 Å². The van der Waals surface area contributed by atoms with Crippen molar-refractivity contribution in [2.45, 2.75) is 33.1 Å². The molecule has 1 aliphatic rings. The van der Waals surface area contributed by atoms with Crippen LogP contribution in [0.25, 0.3) is 0 Å². The minimum Gasteiger partial charge on any atom is -0.463 e. The Balaban J connectivity index is 2.07. The SMILES string of the molecule is CC(C)C(=O)OCCOCCC(=O)ON1C(=O)CCC1=O. The molecule has 2 amide bonds. The van der Waals surface area contributed by atoms with Crippen LogP contribution in [-0.2, 0) is 33.5 Å². The molecule has 0 spiro atoms. The van der Waals surface area contributed by atoms with Gasteiger partial charge in [0.15, 0.2) is 0 Å². The maximum Gasteiger partial charge on any atom is 0.335 e. The van der Waals surface area contributed by atoms with Gasteiger partial charge in [-0.3, -0.25) is 14.4 Å². The van der Waals surface area contributed by atoms with E-state index in [4.69, 9.17) is 9.47 Å². The molecule has 0 radical (unpaired) electrons. The molecule has 8 nitrogen and oxygen atoms in total. The van der Waals surface area contributed by atoms with Gasteiger partial charge in [0.05, 0.1) is 25.6 Å². The standard InChI is InChI=1S/C13H19NO7/c1-9(2)13(18)20-8-7-19-6-5-12(17)21-14-10(15)3-4-11(14)16/h9H,3-8H2,1-2H3. The first-order chi connectivity index (χ1) is 9.91. The quantitative estimate of drug-likeness (QED) is 0.358. The normalized spacial score (nSPS) is 14.7. The minimum atomic E-state index is -0.724. The summed E-state index contributed by atoms with van der Waals surface area (Å²) in [6, 6.07) is 0. The van der Waals surface area contributed by atoms with Gasteiger partial charge >= 0.3 is 11.9 Å². The molecule has 0 atom stereocenters. The van der Waals surface area contributed by atoms with Crippen molar-refractivity contribution in [2.24, 2.45) is 5.92 Å². The second kappa shape index (κ2) is 8.35. The Morgan fingerprint density at radius 2 is 1.71 bits per heavy atom. The lowest BCUT2D eigenvalue weighted by Gasteiger charge is -2.12. The topological polar surface area (TPSA) is 99.2 Å². The fraction of sp³-hybridized carbons (Fsp3) is 0.692. The zero-order valence-corrected chi connectivity index (χ0v) is 12.1. The fourth-order valence-electron chi connectivity index (χ4n) is 1.43. The van der Waals surface area contributed by atoms with Crippen molar-refractivity contribution in [1.82, 2.24) is 5.06 Å². The Morgan fingerprint density at radius 3 is 2.29 bits per heavy atom. The molecule has 0 unspecified atom stereocenters. The number of nitrogens with zero attached hydrogens (tertiary/aromatic N) is 1. The highest BCUT2D eigenvalue weighted by atomic mass is 16.7. The highest BCUT2D eigenvalue weighted by Gasteiger charge is 2.32. The molecule has 0 aliphatic carbocycles. The van der Waals surface area contributed by atoms with E-state index in [1.54, 1.807) is 13.8 Å². The Hall–Kier alpha value is -1.96. The molecule has 0 aromatic heterocycles. The largest absolute Gasteiger partial charge is 0.463 e.